The number of nitrogen functional groups attached to an aromatic ring is 1. The van der Waals surface area contributed by atoms with Crippen LogP contribution in [0.2, 0.25) is 0 Å². The SMILES string of the molecule is Cc1cc(N)nc(C(F)F)c1CN. The molecule has 4 N–H and O–H groups in total. The van der Waals surface area contributed by atoms with Crippen LogP contribution in [-0.2, 0) is 6.54 Å². The van der Waals surface area contributed by atoms with Crippen LogP contribution in [0.25, 0.3) is 0 Å². The van der Waals surface area contributed by atoms with E-state index >= 15 is 0 Å². The van der Waals surface area contributed by atoms with Gasteiger partial charge in [-0.1, -0.05) is 0 Å². The molecular weight excluding hydrogens is 176 g/mol. The van der Waals surface area contributed by atoms with Crippen molar-refractivity contribution in [3.05, 3.63) is 22.9 Å². The molecule has 0 radical (unpaired) electrons. The molecule has 1 heterocycles. The Balaban J connectivity index is 3.29. The van der Waals surface area contributed by atoms with E-state index in [2.05, 4.69) is 4.98 Å². The summed E-state index contributed by atoms with van der Waals surface area (Å²) in [5, 5.41) is 0. The van der Waals surface area contributed by atoms with Crippen molar-refractivity contribution in [3.8, 4) is 0 Å². The number of hydrogen-bond acceptors (Lipinski definition) is 3. The molecule has 1 rings (SSSR count). The molecule has 1 aromatic rings. The molecule has 0 aromatic carbocycles. The van der Waals surface area contributed by atoms with Gasteiger partial charge in [0.05, 0.1) is 0 Å². The van der Waals surface area contributed by atoms with Crippen molar-refractivity contribution in [1.29, 1.82) is 0 Å². The normalized spacial score (nSPS) is 10.8. The van der Waals surface area contributed by atoms with E-state index in [1.54, 1.807) is 6.92 Å². The maximum absolute atomic E-state index is 12.4. The summed E-state index contributed by atoms with van der Waals surface area (Å²) in [5.74, 6) is 0.102. The average Bonchev–Trinajstić information content (AvgIpc) is 2.02. The van der Waals surface area contributed by atoms with Gasteiger partial charge in [0.1, 0.15) is 11.5 Å². The number of nitrogens with two attached hydrogens (primary N) is 2. The summed E-state index contributed by atoms with van der Waals surface area (Å²) in [4.78, 5) is 3.55. The Morgan fingerprint density at radius 2 is 2.15 bits per heavy atom. The lowest BCUT2D eigenvalue weighted by atomic mass is 10.1. The van der Waals surface area contributed by atoms with Gasteiger partial charge in [0.25, 0.3) is 6.43 Å². The highest BCUT2D eigenvalue weighted by atomic mass is 19.3. The molecule has 3 nitrogen and oxygen atoms in total. The Kier molecular flexibility index (Phi) is 2.77. The van der Waals surface area contributed by atoms with Gasteiger partial charge in [-0.25, -0.2) is 13.8 Å². The molecule has 0 fully saturated rings. The lowest BCUT2D eigenvalue weighted by Crippen LogP contribution is -2.08. The van der Waals surface area contributed by atoms with Crippen molar-refractivity contribution in [3.63, 3.8) is 0 Å². The molecule has 0 unspecified atom stereocenters. The van der Waals surface area contributed by atoms with Crippen LogP contribution >= 0.6 is 0 Å². The van der Waals surface area contributed by atoms with Crippen LogP contribution in [-0.4, -0.2) is 4.98 Å². The van der Waals surface area contributed by atoms with Crippen LogP contribution < -0.4 is 11.5 Å². The van der Waals surface area contributed by atoms with Crippen LogP contribution in [0, 0.1) is 6.92 Å². The van der Waals surface area contributed by atoms with Gasteiger partial charge in [-0.15, -0.1) is 0 Å². The molecule has 0 aliphatic carbocycles. The highest BCUT2D eigenvalue weighted by Crippen LogP contribution is 2.24. The Labute approximate surface area is 74.8 Å². The van der Waals surface area contributed by atoms with E-state index in [9.17, 15) is 8.78 Å². The lowest BCUT2D eigenvalue weighted by molar-refractivity contribution is 0.145. The Morgan fingerprint density at radius 3 is 2.62 bits per heavy atom. The van der Waals surface area contributed by atoms with Gasteiger partial charge in [-0.3, -0.25) is 0 Å². The molecule has 0 bridgehead atoms. The molecule has 0 saturated heterocycles. The predicted octanol–water partition coefficient (Wildman–Crippen LogP) is 1.37. The van der Waals surface area contributed by atoms with Gasteiger partial charge in [-0.05, 0) is 24.1 Å². The number of rotatable bonds is 2. The zero-order valence-corrected chi connectivity index (χ0v) is 7.22. The summed E-state index contributed by atoms with van der Waals surface area (Å²) in [7, 11) is 0. The van der Waals surface area contributed by atoms with Crippen LogP contribution in [0.4, 0.5) is 14.6 Å². The van der Waals surface area contributed by atoms with E-state index in [0.717, 1.165) is 0 Å². The first-order valence-electron chi connectivity index (χ1n) is 3.80. The van der Waals surface area contributed by atoms with Crippen molar-refractivity contribution in [2.75, 3.05) is 5.73 Å². The minimum absolute atomic E-state index is 0.0544. The van der Waals surface area contributed by atoms with Gasteiger partial charge in [0.15, 0.2) is 0 Å². The number of halogens is 2. The third-order valence-corrected chi connectivity index (χ3v) is 1.81. The number of hydrogen-bond donors (Lipinski definition) is 2. The fourth-order valence-corrected chi connectivity index (χ4v) is 1.20. The summed E-state index contributed by atoms with van der Waals surface area (Å²) in [6, 6.07) is 1.54. The fourth-order valence-electron chi connectivity index (χ4n) is 1.20. The van der Waals surface area contributed by atoms with Crippen molar-refractivity contribution in [2.45, 2.75) is 19.9 Å². The molecule has 1 aromatic heterocycles. The number of aromatic nitrogens is 1. The maximum atomic E-state index is 12.4. The van der Waals surface area contributed by atoms with E-state index in [1.807, 2.05) is 0 Å². The van der Waals surface area contributed by atoms with Crippen LogP contribution in [0.1, 0.15) is 23.2 Å². The first-order chi connectivity index (χ1) is 6.06. The van der Waals surface area contributed by atoms with E-state index in [4.69, 9.17) is 11.5 Å². The van der Waals surface area contributed by atoms with E-state index in [0.29, 0.717) is 11.1 Å². The number of alkyl halides is 2. The summed E-state index contributed by atoms with van der Waals surface area (Å²) in [5.41, 5.74) is 11.4. The second kappa shape index (κ2) is 3.66. The minimum atomic E-state index is -2.62. The summed E-state index contributed by atoms with van der Waals surface area (Å²) in [6.07, 6.45) is -2.62. The Morgan fingerprint density at radius 1 is 1.54 bits per heavy atom. The quantitative estimate of drug-likeness (QED) is 0.734. The van der Waals surface area contributed by atoms with Crippen molar-refractivity contribution in [1.82, 2.24) is 4.98 Å². The first kappa shape index (κ1) is 9.85. The molecule has 0 aliphatic heterocycles. The third kappa shape index (κ3) is 1.92. The smallest absolute Gasteiger partial charge is 0.280 e. The number of anilines is 1. The average molecular weight is 187 g/mol. The molecule has 5 heteroatoms. The maximum Gasteiger partial charge on any atom is 0.280 e. The Bertz CT molecular complexity index is 313. The molecular formula is C8H11F2N3. The largest absolute Gasteiger partial charge is 0.384 e. The molecule has 0 amide bonds. The van der Waals surface area contributed by atoms with E-state index in [-0.39, 0.29) is 18.1 Å². The highest BCUT2D eigenvalue weighted by molar-refractivity contribution is 5.41. The lowest BCUT2D eigenvalue weighted by Gasteiger charge is -2.09. The molecule has 13 heavy (non-hydrogen) atoms. The summed E-state index contributed by atoms with van der Waals surface area (Å²) >= 11 is 0. The van der Waals surface area contributed by atoms with E-state index < -0.39 is 6.43 Å². The van der Waals surface area contributed by atoms with Crippen molar-refractivity contribution >= 4 is 5.82 Å². The zero-order valence-electron chi connectivity index (χ0n) is 7.22. The summed E-state index contributed by atoms with van der Waals surface area (Å²) < 4.78 is 24.8. The Hall–Kier alpha value is -1.23. The van der Waals surface area contributed by atoms with Crippen molar-refractivity contribution in [2.24, 2.45) is 5.73 Å². The second-order valence-corrected chi connectivity index (χ2v) is 2.73. The number of pyridine rings is 1. The topological polar surface area (TPSA) is 64.9 Å². The van der Waals surface area contributed by atoms with Gasteiger partial charge < -0.3 is 11.5 Å². The summed E-state index contributed by atoms with van der Waals surface area (Å²) in [6.45, 7) is 1.74. The molecule has 0 atom stereocenters. The molecule has 0 spiro atoms. The fraction of sp³-hybridized carbons (Fsp3) is 0.375. The number of nitrogens with zero attached hydrogens (tertiary/aromatic N) is 1. The van der Waals surface area contributed by atoms with Crippen LogP contribution in [0.15, 0.2) is 6.07 Å². The molecule has 72 valence electrons. The minimum Gasteiger partial charge on any atom is -0.384 e. The monoisotopic (exact) mass is 187 g/mol. The second-order valence-electron chi connectivity index (χ2n) is 2.73. The molecule has 0 aliphatic rings. The first-order valence-corrected chi connectivity index (χ1v) is 3.80. The van der Waals surface area contributed by atoms with Crippen LogP contribution in [0.5, 0.6) is 0 Å². The van der Waals surface area contributed by atoms with Gasteiger partial charge in [0.2, 0.25) is 0 Å². The van der Waals surface area contributed by atoms with Gasteiger partial charge in [-0.2, -0.15) is 0 Å². The van der Waals surface area contributed by atoms with Gasteiger partial charge >= 0.3 is 0 Å². The van der Waals surface area contributed by atoms with Gasteiger partial charge in [0, 0.05) is 6.54 Å². The van der Waals surface area contributed by atoms with Crippen LogP contribution in [0.3, 0.4) is 0 Å². The molecule has 0 saturated carbocycles. The zero-order chi connectivity index (χ0) is 10.0. The van der Waals surface area contributed by atoms with Crippen molar-refractivity contribution < 1.29 is 8.78 Å². The number of aryl methyl sites for hydroxylation is 1. The van der Waals surface area contributed by atoms with E-state index in [1.165, 1.54) is 6.07 Å². The highest BCUT2D eigenvalue weighted by Gasteiger charge is 2.16. The standard InChI is InChI=1S/C8H11F2N3/c1-4-2-6(12)13-7(8(9)10)5(4)3-11/h2,8H,3,11H2,1H3,(H2,12,13). The third-order valence-electron chi connectivity index (χ3n) is 1.81. The predicted molar refractivity (Wildman–Crippen MR) is 46.2 cm³/mol.